The van der Waals surface area contributed by atoms with Crippen molar-refractivity contribution in [3.05, 3.63) is 66.9 Å². The van der Waals surface area contributed by atoms with Gasteiger partial charge in [0, 0.05) is 23.5 Å². The highest BCUT2D eigenvalue weighted by molar-refractivity contribution is 6.14. The predicted octanol–water partition coefficient (Wildman–Crippen LogP) is 4.22. The zero-order chi connectivity index (χ0) is 12.4. The van der Waals surface area contributed by atoms with Gasteiger partial charge in [0.15, 0.2) is 0 Å². The van der Waals surface area contributed by atoms with Gasteiger partial charge in [-0.25, -0.2) is 0 Å². The Labute approximate surface area is 111 Å². The molecule has 1 heterocycles. The zero-order valence-corrected chi connectivity index (χ0v) is 10.4. The van der Waals surface area contributed by atoms with E-state index >= 15 is 0 Å². The van der Waals surface area contributed by atoms with Gasteiger partial charge in [0.1, 0.15) is 0 Å². The summed E-state index contributed by atoms with van der Waals surface area (Å²) in [4.78, 5) is 0. The summed E-state index contributed by atoms with van der Waals surface area (Å²) in [5.41, 5.74) is 4.32. The molecule has 18 heavy (non-hydrogen) atoms. The molecule has 2 aromatic carbocycles. The number of halogens is 1. The molecule has 0 aliphatic rings. The van der Waals surface area contributed by atoms with E-state index in [1.807, 2.05) is 36.4 Å². The topological polar surface area (TPSA) is 17.8 Å². The van der Waals surface area contributed by atoms with Gasteiger partial charge in [-0.3, -0.25) is 0 Å². The van der Waals surface area contributed by atoms with Gasteiger partial charge in [-0.15, -0.1) is 0 Å². The maximum atomic E-state index is 5.77. The normalized spacial score (nSPS) is 10.5. The van der Waals surface area contributed by atoms with Crippen molar-refractivity contribution in [1.82, 2.24) is 9.30 Å². The second kappa shape index (κ2) is 4.67. The Morgan fingerprint density at radius 1 is 0.778 bits per heavy atom. The molecule has 0 aliphatic carbocycles. The van der Waals surface area contributed by atoms with E-state index in [0.717, 1.165) is 11.3 Å². The van der Waals surface area contributed by atoms with Crippen LogP contribution >= 0.6 is 11.8 Å². The van der Waals surface area contributed by atoms with Crippen LogP contribution in [0.4, 0.5) is 0 Å². The first kappa shape index (κ1) is 11.1. The molecule has 0 radical (unpaired) electrons. The van der Waals surface area contributed by atoms with Crippen molar-refractivity contribution in [2.24, 2.45) is 0 Å². The van der Waals surface area contributed by atoms with Gasteiger partial charge in [0.25, 0.3) is 0 Å². The molecule has 0 bridgehead atoms. The van der Waals surface area contributed by atoms with Gasteiger partial charge < -0.3 is 0 Å². The average molecular weight is 255 g/mol. The second-order valence-corrected chi connectivity index (χ2v) is 4.38. The van der Waals surface area contributed by atoms with Crippen LogP contribution < -0.4 is 0 Å². The molecule has 0 aliphatic heterocycles. The molecule has 0 saturated carbocycles. The number of hydrogen-bond donors (Lipinski definition) is 0. The third-order valence-corrected chi connectivity index (χ3v) is 3.01. The highest BCUT2D eigenvalue weighted by Crippen LogP contribution is 2.25. The van der Waals surface area contributed by atoms with E-state index < -0.39 is 0 Å². The van der Waals surface area contributed by atoms with Crippen LogP contribution in [0.5, 0.6) is 0 Å². The van der Waals surface area contributed by atoms with E-state index in [0.29, 0.717) is 0 Å². The predicted molar refractivity (Wildman–Crippen MR) is 74.4 cm³/mol. The third-order valence-electron chi connectivity index (χ3n) is 2.82. The minimum absolute atomic E-state index is 0.878. The molecule has 0 amide bonds. The van der Waals surface area contributed by atoms with Crippen LogP contribution in [0.1, 0.15) is 0 Å². The number of nitrogens with zero attached hydrogens (tertiary/aromatic N) is 2. The van der Waals surface area contributed by atoms with Crippen LogP contribution in [0.3, 0.4) is 0 Å². The van der Waals surface area contributed by atoms with Gasteiger partial charge in [-0.1, -0.05) is 48.5 Å². The summed E-state index contributed by atoms with van der Waals surface area (Å²) < 4.78 is 1.30. The molecule has 0 atom stereocenters. The van der Waals surface area contributed by atoms with E-state index in [-0.39, 0.29) is 0 Å². The summed E-state index contributed by atoms with van der Waals surface area (Å²) in [5.74, 6) is 0. The first-order valence-corrected chi connectivity index (χ1v) is 6.04. The van der Waals surface area contributed by atoms with Crippen molar-refractivity contribution in [2.45, 2.75) is 0 Å². The molecule has 3 heteroatoms. The van der Waals surface area contributed by atoms with Crippen LogP contribution in [0.25, 0.3) is 22.4 Å². The number of benzene rings is 2. The molecule has 1 aromatic heterocycles. The van der Waals surface area contributed by atoms with Crippen molar-refractivity contribution in [3.8, 4) is 22.4 Å². The average Bonchev–Trinajstić information content (AvgIpc) is 2.87. The summed E-state index contributed by atoms with van der Waals surface area (Å²) in [7, 11) is 0. The fourth-order valence-electron chi connectivity index (χ4n) is 1.94. The molecule has 88 valence electrons. The highest BCUT2D eigenvalue weighted by atomic mass is 35.5. The van der Waals surface area contributed by atoms with Crippen molar-refractivity contribution in [1.29, 1.82) is 0 Å². The minimum Gasteiger partial charge on any atom is -0.180 e. The molecule has 2 nitrogen and oxygen atoms in total. The van der Waals surface area contributed by atoms with E-state index in [1.54, 1.807) is 6.20 Å². The van der Waals surface area contributed by atoms with Crippen molar-refractivity contribution < 1.29 is 0 Å². The SMILES string of the molecule is Cln1ccc(-c2cccc(-c3ccccc3)c2)n1. The molecule has 0 fully saturated rings. The smallest absolute Gasteiger partial charge is 0.0938 e. The minimum atomic E-state index is 0.878. The van der Waals surface area contributed by atoms with Gasteiger partial charge >= 0.3 is 0 Å². The number of aromatic nitrogens is 2. The van der Waals surface area contributed by atoms with Crippen molar-refractivity contribution in [2.75, 3.05) is 0 Å². The van der Waals surface area contributed by atoms with Crippen molar-refractivity contribution in [3.63, 3.8) is 0 Å². The van der Waals surface area contributed by atoms with E-state index in [1.165, 1.54) is 15.3 Å². The highest BCUT2D eigenvalue weighted by Gasteiger charge is 2.03. The summed E-state index contributed by atoms with van der Waals surface area (Å²) >= 11 is 5.77. The van der Waals surface area contributed by atoms with Crippen molar-refractivity contribution >= 4 is 11.8 Å². The lowest BCUT2D eigenvalue weighted by molar-refractivity contribution is 0.998. The molecule has 3 rings (SSSR count). The van der Waals surface area contributed by atoms with E-state index in [4.69, 9.17) is 11.8 Å². The van der Waals surface area contributed by atoms with Gasteiger partial charge in [0.2, 0.25) is 0 Å². The second-order valence-electron chi connectivity index (χ2n) is 4.04. The molecule has 0 saturated heterocycles. The van der Waals surface area contributed by atoms with Gasteiger partial charge in [0.05, 0.1) is 5.69 Å². The Balaban J connectivity index is 2.05. The Morgan fingerprint density at radius 2 is 1.50 bits per heavy atom. The maximum absolute atomic E-state index is 5.77. The standard InChI is InChI=1S/C15H11ClN2/c16-18-10-9-15(17-18)14-8-4-7-13(11-14)12-5-2-1-3-6-12/h1-11H. The lowest BCUT2D eigenvalue weighted by Gasteiger charge is -2.03. The zero-order valence-electron chi connectivity index (χ0n) is 9.62. The summed E-state index contributed by atoms with van der Waals surface area (Å²) in [5, 5.41) is 4.20. The van der Waals surface area contributed by atoms with Gasteiger partial charge in [-0.05, 0) is 23.3 Å². The van der Waals surface area contributed by atoms with Crippen LogP contribution in [0, 0.1) is 0 Å². The van der Waals surface area contributed by atoms with Crippen LogP contribution in [-0.4, -0.2) is 9.30 Å². The first-order valence-electron chi connectivity index (χ1n) is 5.70. The number of hydrogen-bond acceptors (Lipinski definition) is 1. The fraction of sp³-hybridized carbons (Fsp3) is 0. The summed E-state index contributed by atoms with van der Waals surface area (Å²) in [6, 6.07) is 20.5. The Bertz CT molecular complexity index is 659. The molecule has 0 N–H and O–H groups in total. The maximum Gasteiger partial charge on any atom is 0.0938 e. The van der Waals surface area contributed by atoms with Crippen LogP contribution in [0.15, 0.2) is 66.9 Å². The van der Waals surface area contributed by atoms with E-state index in [2.05, 4.69) is 29.4 Å². The molecular weight excluding hydrogens is 244 g/mol. The molecule has 3 aromatic rings. The fourth-order valence-corrected chi connectivity index (χ4v) is 2.08. The first-order chi connectivity index (χ1) is 8.83. The molecular formula is C15H11ClN2. The summed E-state index contributed by atoms with van der Waals surface area (Å²) in [6.07, 6.45) is 1.73. The Hall–Kier alpha value is -2.06. The lowest BCUT2D eigenvalue weighted by Crippen LogP contribution is -1.83. The number of rotatable bonds is 2. The Morgan fingerprint density at radius 3 is 2.22 bits per heavy atom. The monoisotopic (exact) mass is 254 g/mol. The van der Waals surface area contributed by atoms with Crippen LogP contribution in [0.2, 0.25) is 0 Å². The van der Waals surface area contributed by atoms with Gasteiger partial charge in [-0.2, -0.15) is 9.30 Å². The van der Waals surface area contributed by atoms with E-state index in [9.17, 15) is 0 Å². The quantitative estimate of drug-likeness (QED) is 0.670. The summed E-state index contributed by atoms with van der Waals surface area (Å²) in [6.45, 7) is 0. The Kier molecular flexibility index (Phi) is 2.87. The lowest BCUT2D eigenvalue weighted by atomic mass is 10.0. The molecule has 0 unspecified atom stereocenters. The molecule has 0 spiro atoms. The largest absolute Gasteiger partial charge is 0.180 e. The van der Waals surface area contributed by atoms with Crippen LogP contribution in [-0.2, 0) is 0 Å². The third kappa shape index (κ3) is 2.15.